The van der Waals surface area contributed by atoms with Crippen LogP contribution in [0.4, 0.5) is 0 Å². The summed E-state index contributed by atoms with van der Waals surface area (Å²) in [5, 5.41) is 0. The number of ether oxygens (including phenoxy) is 3. The van der Waals surface area contributed by atoms with E-state index in [1.807, 2.05) is 13.8 Å². The van der Waals surface area contributed by atoms with Gasteiger partial charge in [0.25, 0.3) is 0 Å². The fourth-order valence-electron chi connectivity index (χ4n) is 0.867. The van der Waals surface area contributed by atoms with E-state index in [0.29, 0.717) is 25.4 Å². The summed E-state index contributed by atoms with van der Waals surface area (Å²) in [6.07, 6.45) is -0.0453. The van der Waals surface area contributed by atoms with Crippen molar-refractivity contribution in [1.82, 2.24) is 0 Å². The molecule has 0 aromatic heterocycles. The van der Waals surface area contributed by atoms with Crippen LogP contribution in [0.15, 0.2) is 12.2 Å². The maximum absolute atomic E-state index is 11.1. The van der Waals surface area contributed by atoms with Gasteiger partial charge in [-0.3, -0.25) is 0 Å². The Balaban J connectivity index is 3.65. The molecule has 0 aromatic carbocycles. The molecule has 0 saturated carbocycles. The lowest BCUT2D eigenvalue weighted by molar-refractivity contribution is -0.139. The van der Waals surface area contributed by atoms with E-state index < -0.39 is 5.97 Å². The van der Waals surface area contributed by atoms with Gasteiger partial charge in [-0.2, -0.15) is 0 Å². The van der Waals surface area contributed by atoms with Gasteiger partial charge in [0, 0.05) is 6.61 Å². The Bertz CT molecular complexity index is 201. The van der Waals surface area contributed by atoms with Gasteiger partial charge in [0.15, 0.2) is 0 Å². The smallest absolute Gasteiger partial charge is 0.335 e. The topological polar surface area (TPSA) is 44.8 Å². The molecule has 0 aliphatic carbocycles. The number of rotatable bonds is 8. The molecular formula is C11H20O4. The first kappa shape index (κ1) is 14.1. The number of carbonyl (C=O) groups excluding carboxylic acids is 1. The highest BCUT2D eigenvalue weighted by Gasteiger charge is 2.09. The van der Waals surface area contributed by atoms with E-state index in [2.05, 4.69) is 6.58 Å². The molecule has 0 saturated heterocycles. The summed E-state index contributed by atoms with van der Waals surface area (Å²) in [5.74, 6) is -0.402. The van der Waals surface area contributed by atoms with E-state index >= 15 is 0 Å². The van der Waals surface area contributed by atoms with E-state index in [1.165, 1.54) is 0 Å². The molecule has 0 rings (SSSR count). The Morgan fingerprint density at radius 2 is 2.00 bits per heavy atom. The molecule has 0 heterocycles. The molecule has 0 bridgehead atoms. The standard InChI is InChI=1S/C11H20O4/c1-5-13-8-10(4)15-7-9(3)11(12)14-6-2/h10H,3,5-8H2,1-2,4H3. The number of hydrogen-bond acceptors (Lipinski definition) is 4. The lowest BCUT2D eigenvalue weighted by atomic mass is 10.3. The zero-order valence-electron chi connectivity index (χ0n) is 9.75. The lowest BCUT2D eigenvalue weighted by Gasteiger charge is -2.13. The Labute approximate surface area is 91.2 Å². The summed E-state index contributed by atoms with van der Waals surface area (Å²) in [6.45, 7) is 10.9. The summed E-state index contributed by atoms with van der Waals surface area (Å²) >= 11 is 0. The van der Waals surface area contributed by atoms with Crippen molar-refractivity contribution in [2.24, 2.45) is 0 Å². The molecule has 0 fully saturated rings. The van der Waals surface area contributed by atoms with Crippen LogP contribution in [-0.4, -0.2) is 38.5 Å². The number of carbonyl (C=O) groups is 1. The summed E-state index contributed by atoms with van der Waals surface area (Å²) < 4.78 is 15.3. The van der Waals surface area contributed by atoms with E-state index in [9.17, 15) is 4.79 Å². The van der Waals surface area contributed by atoms with Gasteiger partial charge < -0.3 is 14.2 Å². The summed E-state index contributed by atoms with van der Waals surface area (Å²) in [6, 6.07) is 0. The molecule has 0 aliphatic heterocycles. The van der Waals surface area contributed by atoms with Crippen LogP contribution < -0.4 is 0 Å². The van der Waals surface area contributed by atoms with Gasteiger partial charge in [0.05, 0.1) is 31.5 Å². The average Bonchev–Trinajstić information content (AvgIpc) is 2.23. The van der Waals surface area contributed by atoms with Crippen molar-refractivity contribution in [3.63, 3.8) is 0 Å². The third-order valence-corrected chi connectivity index (χ3v) is 1.66. The molecule has 15 heavy (non-hydrogen) atoms. The lowest BCUT2D eigenvalue weighted by Crippen LogP contribution is -2.20. The van der Waals surface area contributed by atoms with Crippen LogP contribution in [-0.2, 0) is 19.0 Å². The molecule has 0 radical (unpaired) electrons. The van der Waals surface area contributed by atoms with Gasteiger partial charge in [-0.25, -0.2) is 4.79 Å². The molecular weight excluding hydrogens is 196 g/mol. The average molecular weight is 216 g/mol. The van der Waals surface area contributed by atoms with Crippen LogP contribution in [0.5, 0.6) is 0 Å². The molecule has 88 valence electrons. The SMILES string of the molecule is C=C(COC(C)COCC)C(=O)OCC. The van der Waals surface area contributed by atoms with Gasteiger partial charge in [-0.05, 0) is 20.8 Å². The van der Waals surface area contributed by atoms with Crippen LogP contribution >= 0.6 is 0 Å². The van der Waals surface area contributed by atoms with Crippen LogP contribution in [0.1, 0.15) is 20.8 Å². The molecule has 1 atom stereocenters. The molecule has 0 aromatic rings. The van der Waals surface area contributed by atoms with Crippen molar-refractivity contribution in [2.45, 2.75) is 26.9 Å². The van der Waals surface area contributed by atoms with Crippen LogP contribution in [0, 0.1) is 0 Å². The predicted octanol–water partition coefficient (Wildman–Crippen LogP) is 1.55. The fourth-order valence-corrected chi connectivity index (χ4v) is 0.867. The van der Waals surface area contributed by atoms with Crippen molar-refractivity contribution < 1.29 is 19.0 Å². The zero-order valence-corrected chi connectivity index (χ0v) is 9.75. The summed E-state index contributed by atoms with van der Waals surface area (Å²) in [4.78, 5) is 11.1. The third-order valence-electron chi connectivity index (χ3n) is 1.66. The normalized spacial score (nSPS) is 12.2. The molecule has 1 unspecified atom stereocenters. The first-order valence-corrected chi connectivity index (χ1v) is 5.16. The Hall–Kier alpha value is -0.870. The monoisotopic (exact) mass is 216 g/mol. The molecule has 0 amide bonds. The number of esters is 1. The quantitative estimate of drug-likeness (QED) is 0.456. The van der Waals surface area contributed by atoms with Crippen molar-refractivity contribution in [3.8, 4) is 0 Å². The minimum absolute atomic E-state index is 0.0453. The highest BCUT2D eigenvalue weighted by atomic mass is 16.5. The summed E-state index contributed by atoms with van der Waals surface area (Å²) in [7, 11) is 0. The highest BCUT2D eigenvalue weighted by Crippen LogP contribution is 2.00. The molecule has 4 nitrogen and oxygen atoms in total. The summed E-state index contributed by atoms with van der Waals surface area (Å²) in [5.41, 5.74) is 0.334. The van der Waals surface area contributed by atoms with Crippen LogP contribution in [0.3, 0.4) is 0 Å². The second-order valence-corrected chi connectivity index (χ2v) is 3.11. The first-order chi connectivity index (χ1) is 7.11. The molecule has 0 aliphatic rings. The van der Waals surface area contributed by atoms with Gasteiger partial charge in [-0.1, -0.05) is 6.58 Å². The van der Waals surface area contributed by atoms with Gasteiger partial charge in [0.2, 0.25) is 0 Å². The van der Waals surface area contributed by atoms with Crippen molar-refractivity contribution in [1.29, 1.82) is 0 Å². The Morgan fingerprint density at radius 3 is 2.53 bits per heavy atom. The molecule has 4 heteroatoms. The first-order valence-electron chi connectivity index (χ1n) is 5.16. The third kappa shape index (κ3) is 7.11. The van der Waals surface area contributed by atoms with Crippen molar-refractivity contribution in [2.75, 3.05) is 26.4 Å². The largest absolute Gasteiger partial charge is 0.463 e. The second-order valence-electron chi connectivity index (χ2n) is 3.11. The van der Waals surface area contributed by atoms with Crippen molar-refractivity contribution in [3.05, 3.63) is 12.2 Å². The predicted molar refractivity (Wildman–Crippen MR) is 57.7 cm³/mol. The van der Waals surface area contributed by atoms with E-state index in [1.54, 1.807) is 6.92 Å². The minimum atomic E-state index is -0.402. The number of hydrogen-bond donors (Lipinski definition) is 0. The Kier molecular flexibility index (Phi) is 7.95. The maximum atomic E-state index is 11.1. The fraction of sp³-hybridized carbons (Fsp3) is 0.727. The molecule has 0 N–H and O–H groups in total. The van der Waals surface area contributed by atoms with Gasteiger partial charge in [-0.15, -0.1) is 0 Å². The Morgan fingerprint density at radius 1 is 1.33 bits per heavy atom. The highest BCUT2D eigenvalue weighted by molar-refractivity contribution is 5.87. The van der Waals surface area contributed by atoms with Gasteiger partial charge in [0.1, 0.15) is 0 Å². The van der Waals surface area contributed by atoms with Gasteiger partial charge >= 0.3 is 5.97 Å². The minimum Gasteiger partial charge on any atom is -0.463 e. The maximum Gasteiger partial charge on any atom is 0.335 e. The zero-order chi connectivity index (χ0) is 11.7. The van der Waals surface area contributed by atoms with Crippen LogP contribution in [0.2, 0.25) is 0 Å². The second kappa shape index (κ2) is 8.44. The van der Waals surface area contributed by atoms with E-state index in [-0.39, 0.29) is 12.7 Å². The molecule has 0 spiro atoms. The van der Waals surface area contributed by atoms with Crippen molar-refractivity contribution >= 4 is 5.97 Å². The van der Waals surface area contributed by atoms with E-state index in [4.69, 9.17) is 14.2 Å². The van der Waals surface area contributed by atoms with Crippen LogP contribution in [0.25, 0.3) is 0 Å². The van der Waals surface area contributed by atoms with E-state index in [0.717, 1.165) is 0 Å².